The average Bonchev–Trinajstić information content (AvgIpc) is 3.11. The van der Waals surface area contributed by atoms with Crippen molar-refractivity contribution in [1.82, 2.24) is 9.55 Å². The molecule has 0 spiro atoms. The number of nitrogens with two attached hydrogens (primary N) is 2. The van der Waals surface area contributed by atoms with Crippen molar-refractivity contribution in [2.45, 2.75) is 63.4 Å². The number of carbonyl (C=O) groups is 1. The number of phosphoric ester groups is 1. The molecule has 15 heteroatoms. The molecule has 1 aromatic carbocycles. The Hall–Kier alpha value is -2.35. The number of esters is 1. The monoisotopic (exact) mass is 586 g/mol. The van der Waals surface area contributed by atoms with E-state index in [-0.39, 0.29) is 18.3 Å². The van der Waals surface area contributed by atoms with E-state index < -0.39 is 62.3 Å². The minimum atomic E-state index is -4.11. The molecule has 2 fully saturated rings. The van der Waals surface area contributed by atoms with Crippen LogP contribution in [0.3, 0.4) is 0 Å². The van der Waals surface area contributed by atoms with Gasteiger partial charge in [0.05, 0.1) is 19.3 Å². The Kier molecular flexibility index (Phi) is 8.84. The van der Waals surface area contributed by atoms with Crippen LogP contribution in [0.25, 0.3) is 0 Å². The molecule has 0 aliphatic carbocycles. The Morgan fingerprint density at radius 3 is 2.79 bits per heavy atom. The highest BCUT2D eigenvalue weighted by molar-refractivity contribution is 7.48. The lowest BCUT2D eigenvalue weighted by Crippen LogP contribution is -2.51. The number of halogens is 1. The predicted molar refractivity (Wildman–Crippen MR) is 140 cm³/mol. The largest absolute Gasteiger partial charge is 0.475 e. The molecule has 3 heterocycles. The standard InChI is InChI=1S/C24H32ClN4O9P/c1-13(2)19(27)21(30)37-20-17(36-22(24(20,3)32)29-9-7-18(26)28-23(29)31)12-35-39(33)34-10-8-16(38-39)14-5-4-6-15(25)11-14/h4-7,9,11,13,16-17,19-20,22,32H,8,10,12,27H2,1-3H3,(H2,26,28,31)/t16-,17+,19-,20+,22+,24+,39?/m0/s1. The smallest absolute Gasteiger partial charge is 0.455 e. The second-order valence-electron chi connectivity index (χ2n) is 9.94. The van der Waals surface area contributed by atoms with Gasteiger partial charge in [-0.2, -0.15) is 4.98 Å². The van der Waals surface area contributed by atoms with Gasteiger partial charge >= 0.3 is 19.5 Å². The third-order valence-electron chi connectivity index (χ3n) is 6.56. The number of hydrogen-bond acceptors (Lipinski definition) is 12. The summed E-state index contributed by atoms with van der Waals surface area (Å²) < 4.78 is 42.5. The van der Waals surface area contributed by atoms with Crippen molar-refractivity contribution in [3.63, 3.8) is 0 Å². The van der Waals surface area contributed by atoms with E-state index in [0.29, 0.717) is 17.0 Å². The number of rotatable bonds is 8. The van der Waals surface area contributed by atoms with Gasteiger partial charge < -0.3 is 26.0 Å². The number of nitrogens with zero attached hydrogens (tertiary/aromatic N) is 2. The molecule has 2 aliphatic rings. The summed E-state index contributed by atoms with van der Waals surface area (Å²) in [6.45, 7) is 4.38. The molecule has 13 nitrogen and oxygen atoms in total. The molecule has 39 heavy (non-hydrogen) atoms. The molecule has 1 unspecified atom stereocenters. The zero-order valence-corrected chi connectivity index (χ0v) is 23.3. The van der Waals surface area contributed by atoms with Crippen LogP contribution in [-0.4, -0.2) is 57.7 Å². The van der Waals surface area contributed by atoms with Crippen molar-refractivity contribution in [3.8, 4) is 0 Å². The van der Waals surface area contributed by atoms with Gasteiger partial charge in [-0.05, 0) is 36.6 Å². The first-order chi connectivity index (χ1) is 18.3. The fourth-order valence-corrected chi connectivity index (χ4v) is 5.91. The maximum atomic E-state index is 13.4. The van der Waals surface area contributed by atoms with Gasteiger partial charge in [-0.25, -0.2) is 9.36 Å². The third kappa shape index (κ3) is 6.53. The molecule has 0 radical (unpaired) electrons. The van der Waals surface area contributed by atoms with Gasteiger partial charge in [-0.15, -0.1) is 0 Å². The van der Waals surface area contributed by atoms with E-state index in [2.05, 4.69) is 4.98 Å². The summed E-state index contributed by atoms with van der Waals surface area (Å²) in [4.78, 5) is 28.9. The molecule has 0 saturated carbocycles. The van der Waals surface area contributed by atoms with Crippen LogP contribution in [0.5, 0.6) is 0 Å². The molecule has 2 aromatic rings. The summed E-state index contributed by atoms with van der Waals surface area (Å²) in [5.41, 5.74) is 9.46. The zero-order valence-electron chi connectivity index (χ0n) is 21.6. The number of carbonyl (C=O) groups excluding carboxylic acids is 1. The predicted octanol–water partition coefficient (Wildman–Crippen LogP) is 2.33. The van der Waals surface area contributed by atoms with E-state index in [1.54, 1.807) is 38.1 Å². The summed E-state index contributed by atoms with van der Waals surface area (Å²) >= 11 is 6.08. The van der Waals surface area contributed by atoms with Gasteiger partial charge in [0.15, 0.2) is 12.3 Å². The van der Waals surface area contributed by atoms with Crippen molar-refractivity contribution in [2.24, 2.45) is 11.7 Å². The number of aromatic nitrogens is 2. The minimum absolute atomic E-state index is 0.0291. The fourth-order valence-electron chi connectivity index (χ4n) is 4.32. The molecule has 1 aromatic heterocycles. The van der Waals surface area contributed by atoms with Gasteiger partial charge in [0.1, 0.15) is 23.6 Å². The molecule has 0 amide bonds. The van der Waals surface area contributed by atoms with E-state index in [0.717, 1.165) is 4.57 Å². The Morgan fingerprint density at radius 2 is 2.13 bits per heavy atom. The maximum Gasteiger partial charge on any atom is 0.475 e. The van der Waals surface area contributed by atoms with Gasteiger partial charge in [-0.3, -0.25) is 22.9 Å². The van der Waals surface area contributed by atoms with Gasteiger partial charge in [0.2, 0.25) is 0 Å². The number of hydrogen-bond donors (Lipinski definition) is 3. The number of aliphatic hydroxyl groups is 1. The van der Waals surface area contributed by atoms with Gasteiger partial charge in [0.25, 0.3) is 0 Å². The fraction of sp³-hybridized carbons (Fsp3) is 0.542. The van der Waals surface area contributed by atoms with Crippen molar-refractivity contribution < 1.29 is 37.5 Å². The first kappa shape index (κ1) is 29.6. The molecular weight excluding hydrogens is 555 g/mol. The summed E-state index contributed by atoms with van der Waals surface area (Å²) in [5.74, 6) is -1.09. The molecule has 4 rings (SSSR count). The zero-order chi connectivity index (χ0) is 28.5. The van der Waals surface area contributed by atoms with Gasteiger partial charge in [-0.1, -0.05) is 37.6 Å². The lowest BCUT2D eigenvalue weighted by molar-refractivity contribution is -0.166. The summed E-state index contributed by atoms with van der Waals surface area (Å²) in [6, 6.07) is 7.26. The van der Waals surface area contributed by atoms with Crippen LogP contribution in [0.4, 0.5) is 5.82 Å². The van der Waals surface area contributed by atoms with Crippen LogP contribution in [-0.2, 0) is 32.4 Å². The van der Waals surface area contributed by atoms with Crippen molar-refractivity contribution in [1.29, 1.82) is 0 Å². The minimum Gasteiger partial charge on any atom is -0.455 e. The van der Waals surface area contributed by atoms with E-state index in [4.69, 9.17) is 46.1 Å². The van der Waals surface area contributed by atoms with E-state index in [9.17, 15) is 19.3 Å². The molecule has 214 valence electrons. The molecule has 2 aliphatic heterocycles. The van der Waals surface area contributed by atoms with Crippen LogP contribution >= 0.6 is 19.4 Å². The van der Waals surface area contributed by atoms with Crippen LogP contribution < -0.4 is 17.2 Å². The molecule has 0 bridgehead atoms. The summed E-state index contributed by atoms with van der Waals surface area (Å²) in [6.07, 6.45) is -2.87. The average molecular weight is 587 g/mol. The van der Waals surface area contributed by atoms with Crippen LogP contribution in [0.1, 0.15) is 45.1 Å². The normalized spacial score (nSPS) is 31.8. The first-order valence-electron chi connectivity index (χ1n) is 12.3. The summed E-state index contributed by atoms with van der Waals surface area (Å²) in [5, 5.41) is 11.9. The van der Waals surface area contributed by atoms with Crippen LogP contribution in [0.15, 0.2) is 41.3 Å². The van der Waals surface area contributed by atoms with E-state index in [1.807, 2.05) is 0 Å². The number of benzene rings is 1. The maximum absolute atomic E-state index is 13.4. The summed E-state index contributed by atoms with van der Waals surface area (Å²) in [7, 11) is -4.11. The highest BCUT2D eigenvalue weighted by Gasteiger charge is 2.57. The van der Waals surface area contributed by atoms with Crippen LogP contribution in [0, 0.1) is 5.92 Å². The van der Waals surface area contributed by atoms with E-state index >= 15 is 0 Å². The topological polar surface area (TPSA) is 187 Å². The van der Waals surface area contributed by atoms with Crippen LogP contribution in [0.2, 0.25) is 5.02 Å². The number of ether oxygens (including phenoxy) is 2. The Balaban J connectivity index is 1.57. The highest BCUT2D eigenvalue weighted by atomic mass is 35.5. The SMILES string of the molecule is CC(C)[C@H](N)C(=O)O[C@@H]1[C@@H](COP2(=O)OCC[C@@H](c3cccc(Cl)c3)O2)O[C@@H](n2ccc(N)nc2=O)[C@]1(C)O. The molecular formula is C24H32ClN4O9P. The van der Waals surface area contributed by atoms with E-state index in [1.165, 1.54) is 19.2 Å². The first-order valence-corrected chi connectivity index (χ1v) is 14.2. The number of nitrogen functional groups attached to an aromatic ring is 1. The Morgan fingerprint density at radius 1 is 1.38 bits per heavy atom. The van der Waals surface area contributed by atoms with Crippen molar-refractivity contribution >= 4 is 31.2 Å². The molecule has 7 atom stereocenters. The lowest BCUT2D eigenvalue weighted by atomic mass is 9.95. The lowest BCUT2D eigenvalue weighted by Gasteiger charge is -2.32. The number of phosphoric acid groups is 1. The second kappa shape index (κ2) is 11.6. The molecule has 5 N–H and O–H groups in total. The highest BCUT2D eigenvalue weighted by Crippen LogP contribution is 2.57. The molecule has 2 saturated heterocycles. The second-order valence-corrected chi connectivity index (χ2v) is 12.0. The van der Waals surface area contributed by atoms with Crippen molar-refractivity contribution in [3.05, 3.63) is 57.6 Å². The quantitative estimate of drug-likeness (QED) is 0.303. The number of anilines is 1. The Labute approximate surface area is 229 Å². The van der Waals surface area contributed by atoms with Crippen molar-refractivity contribution in [2.75, 3.05) is 18.9 Å². The Bertz CT molecular complexity index is 1310. The van der Waals surface area contributed by atoms with Gasteiger partial charge in [0, 0.05) is 17.6 Å². The third-order valence-corrected chi connectivity index (χ3v) is 8.27.